The quantitative estimate of drug-likeness (QED) is 0.891. The number of carbonyl (C=O) groups excluding carboxylic acids is 2. The van der Waals surface area contributed by atoms with Crippen LogP contribution in [0.2, 0.25) is 0 Å². The van der Waals surface area contributed by atoms with Gasteiger partial charge in [0.05, 0.1) is 19.1 Å². The highest BCUT2D eigenvalue weighted by Gasteiger charge is 2.32. The van der Waals surface area contributed by atoms with Crippen LogP contribution in [0.4, 0.5) is 0 Å². The predicted molar refractivity (Wildman–Crippen MR) is 90.4 cm³/mol. The maximum atomic E-state index is 12.7. The lowest BCUT2D eigenvalue weighted by Crippen LogP contribution is -2.49. The molecule has 0 aliphatic carbocycles. The van der Waals surface area contributed by atoms with E-state index in [2.05, 4.69) is 0 Å². The van der Waals surface area contributed by atoms with Crippen molar-refractivity contribution in [2.24, 2.45) is 11.7 Å². The zero-order valence-corrected chi connectivity index (χ0v) is 13.9. The molecule has 1 atom stereocenters. The van der Waals surface area contributed by atoms with Crippen LogP contribution in [0, 0.1) is 5.92 Å². The van der Waals surface area contributed by atoms with Gasteiger partial charge in [-0.2, -0.15) is 0 Å². The van der Waals surface area contributed by atoms with Crippen LogP contribution in [0.15, 0.2) is 24.3 Å². The Morgan fingerprint density at radius 2 is 1.79 bits per heavy atom. The van der Waals surface area contributed by atoms with Gasteiger partial charge in [0.1, 0.15) is 0 Å². The van der Waals surface area contributed by atoms with Crippen molar-refractivity contribution < 1.29 is 14.3 Å². The molecular formula is C18H25N3O3. The first-order valence-electron chi connectivity index (χ1n) is 8.64. The third-order valence-electron chi connectivity index (χ3n) is 4.82. The molecule has 130 valence electrons. The maximum Gasteiger partial charge on any atom is 0.253 e. The van der Waals surface area contributed by atoms with Crippen LogP contribution < -0.4 is 5.73 Å². The average Bonchev–Trinajstić information content (AvgIpc) is 2.67. The molecule has 0 bridgehead atoms. The van der Waals surface area contributed by atoms with Gasteiger partial charge < -0.3 is 20.3 Å². The largest absolute Gasteiger partial charge is 0.378 e. The molecule has 1 unspecified atom stereocenters. The Morgan fingerprint density at radius 1 is 1.08 bits per heavy atom. The molecule has 2 aliphatic heterocycles. The van der Waals surface area contributed by atoms with Crippen LogP contribution in [0.3, 0.4) is 0 Å². The summed E-state index contributed by atoms with van der Waals surface area (Å²) in [5.41, 5.74) is 7.26. The minimum Gasteiger partial charge on any atom is -0.378 e. The number of benzene rings is 1. The van der Waals surface area contributed by atoms with E-state index in [0.29, 0.717) is 51.5 Å². The normalized spacial score (nSPS) is 21.6. The summed E-state index contributed by atoms with van der Waals surface area (Å²) in [7, 11) is 0. The molecule has 2 aliphatic rings. The highest BCUT2D eigenvalue weighted by Crippen LogP contribution is 2.21. The number of piperidine rings is 1. The Morgan fingerprint density at radius 3 is 2.46 bits per heavy atom. The summed E-state index contributed by atoms with van der Waals surface area (Å²) in [6.45, 7) is 4.21. The number of morpholine rings is 1. The first-order valence-corrected chi connectivity index (χ1v) is 8.64. The van der Waals surface area contributed by atoms with Gasteiger partial charge in [-0.15, -0.1) is 0 Å². The maximum absolute atomic E-state index is 12.7. The Hall–Kier alpha value is -1.92. The molecule has 0 saturated carbocycles. The summed E-state index contributed by atoms with van der Waals surface area (Å²) in [4.78, 5) is 29.0. The standard InChI is InChI=1S/C18H25N3O3/c19-12-14-3-5-15(6-4-14)17(22)21-7-1-2-16(13-21)18(23)20-8-10-24-11-9-20/h3-6,16H,1-2,7-13,19H2. The summed E-state index contributed by atoms with van der Waals surface area (Å²) < 4.78 is 5.31. The molecule has 3 rings (SSSR count). The fraction of sp³-hybridized carbons (Fsp3) is 0.556. The van der Waals surface area contributed by atoms with Gasteiger partial charge in [-0.1, -0.05) is 12.1 Å². The lowest BCUT2D eigenvalue weighted by molar-refractivity contribution is -0.141. The van der Waals surface area contributed by atoms with Crippen LogP contribution >= 0.6 is 0 Å². The van der Waals surface area contributed by atoms with Gasteiger partial charge in [0.2, 0.25) is 5.91 Å². The van der Waals surface area contributed by atoms with E-state index in [-0.39, 0.29) is 17.7 Å². The fourth-order valence-corrected chi connectivity index (χ4v) is 3.37. The third kappa shape index (κ3) is 3.76. The van der Waals surface area contributed by atoms with Crippen LogP contribution in [-0.4, -0.2) is 61.0 Å². The van der Waals surface area contributed by atoms with E-state index < -0.39 is 0 Å². The molecule has 6 nitrogen and oxygen atoms in total. The summed E-state index contributed by atoms with van der Waals surface area (Å²) in [5.74, 6) is 0.0662. The zero-order valence-electron chi connectivity index (χ0n) is 13.9. The predicted octanol–water partition coefficient (Wildman–Crippen LogP) is 0.856. The van der Waals surface area contributed by atoms with Gasteiger partial charge in [-0.25, -0.2) is 0 Å². The second-order valence-corrected chi connectivity index (χ2v) is 6.43. The van der Waals surface area contributed by atoms with E-state index in [9.17, 15) is 9.59 Å². The number of carbonyl (C=O) groups is 2. The first kappa shape index (κ1) is 16.9. The molecule has 2 N–H and O–H groups in total. The molecule has 24 heavy (non-hydrogen) atoms. The number of likely N-dealkylation sites (tertiary alicyclic amines) is 1. The van der Waals surface area contributed by atoms with Gasteiger partial charge in [0, 0.05) is 38.3 Å². The Bertz CT molecular complexity index is 582. The molecule has 0 radical (unpaired) electrons. The topological polar surface area (TPSA) is 75.9 Å². The SMILES string of the molecule is NCc1ccc(C(=O)N2CCCC(C(=O)N3CCOCC3)C2)cc1. The van der Waals surface area contributed by atoms with Crippen molar-refractivity contribution in [3.63, 3.8) is 0 Å². The summed E-state index contributed by atoms with van der Waals surface area (Å²) in [5, 5.41) is 0. The number of rotatable bonds is 3. The number of hydrogen-bond donors (Lipinski definition) is 1. The van der Waals surface area contributed by atoms with Crippen molar-refractivity contribution >= 4 is 11.8 Å². The van der Waals surface area contributed by atoms with E-state index in [1.165, 1.54) is 0 Å². The van der Waals surface area contributed by atoms with Gasteiger partial charge in [0.25, 0.3) is 5.91 Å². The van der Waals surface area contributed by atoms with Crippen molar-refractivity contribution in [1.82, 2.24) is 9.80 Å². The molecule has 1 aromatic rings. The van der Waals surface area contributed by atoms with Crippen LogP contribution in [-0.2, 0) is 16.1 Å². The summed E-state index contributed by atoms with van der Waals surface area (Å²) >= 11 is 0. The number of hydrogen-bond acceptors (Lipinski definition) is 4. The highest BCUT2D eigenvalue weighted by molar-refractivity contribution is 5.94. The van der Waals surface area contributed by atoms with Crippen molar-refractivity contribution in [1.29, 1.82) is 0 Å². The van der Waals surface area contributed by atoms with Gasteiger partial charge in [-0.05, 0) is 30.5 Å². The highest BCUT2D eigenvalue weighted by atomic mass is 16.5. The van der Waals surface area contributed by atoms with Crippen molar-refractivity contribution in [2.75, 3.05) is 39.4 Å². The Kier molecular flexibility index (Phi) is 5.48. The average molecular weight is 331 g/mol. The molecule has 2 fully saturated rings. The molecule has 0 spiro atoms. The zero-order chi connectivity index (χ0) is 16.9. The van der Waals surface area contributed by atoms with Crippen LogP contribution in [0.25, 0.3) is 0 Å². The van der Waals surface area contributed by atoms with E-state index in [0.717, 1.165) is 18.4 Å². The van der Waals surface area contributed by atoms with Crippen molar-refractivity contribution in [3.05, 3.63) is 35.4 Å². The van der Waals surface area contributed by atoms with Crippen LogP contribution in [0.1, 0.15) is 28.8 Å². The van der Waals surface area contributed by atoms with Crippen molar-refractivity contribution in [3.8, 4) is 0 Å². The number of ether oxygens (including phenoxy) is 1. The van der Waals surface area contributed by atoms with Crippen molar-refractivity contribution in [2.45, 2.75) is 19.4 Å². The molecule has 0 aromatic heterocycles. The van der Waals surface area contributed by atoms with E-state index in [4.69, 9.17) is 10.5 Å². The molecule has 2 amide bonds. The number of nitrogens with two attached hydrogens (primary N) is 1. The first-order chi connectivity index (χ1) is 11.7. The second-order valence-electron chi connectivity index (χ2n) is 6.43. The fourth-order valence-electron chi connectivity index (χ4n) is 3.37. The number of nitrogens with zero attached hydrogens (tertiary/aromatic N) is 2. The third-order valence-corrected chi connectivity index (χ3v) is 4.82. The summed E-state index contributed by atoms with van der Waals surface area (Å²) in [6, 6.07) is 7.40. The second kappa shape index (κ2) is 7.77. The molecular weight excluding hydrogens is 306 g/mol. The van der Waals surface area contributed by atoms with Gasteiger partial charge in [0.15, 0.2) is 0 Å². The van der Waals surface area contributed by atoms with E-state index in [1.807, 2.05) is 34.1 Å². The summed E-state index contributed by atoms with van der Waals surface area (Å²) in [6.07, 6.45) is 1.72. The minimum absolute atomic E-state index is 0.00181. The Balaban J connectivity index is 1.63. The molecule has 2 saturated heterocycles. The monoisotopic (exact) mass is 331 g/mol. The Labute approximate surface area is 142 Å². The van der Waals surface area contributed by atoms with E-state index in [1.54, 1.807) is 0 Å². The van der Waals surface area contributed by atoms with Gasteiger partial charge in [-0.3, -0.25) is 9.59 Å². The van der Waals surface area contributed by atoms with E-state index >= 15 is 0 Å². The van der Waals surface area contributed by atoms with Crippen LogP contribution in [0.5, 0.6) is 0 Å². The molecule has 2 heterocycles. The molecule has 6 heteroatoms. The minimum atomic E-state index is -0.0934. The smallest absolute Gasteiger partial charge is 0.253 e. The number of amides is 2. The van der Waals surface area contributed by atoms with Gasteiger partial charge >= 0.3 is 0 Å². The lowest BCUT2D eigenvalue weighted by atomic mass is 9.95. The molecule has 1 aromatic carbocycles. The lowest BCUT2D eigenvalue weighted by Gasteiger charge is -2.36.